The number of rotatable bonds is 4. The van der Waals surface area contributed by atoms with Gasteiger partial charge in [-0.05, 0) is 41.8 Å². The van der Waals surface area contributed by atoms with Crippen molar-refractivity contribution in [3.8, 4) is 11.4 Å². The molecule has 3 aromatic carbocycles. The maximum atomic E-state index is 11.3. The summed E-state index contributed by atoms with van der Waals surface area (Å²) in [7, 11) is 0. The van der Waals surface area contributed by atoms with Crippen molar-refractivity contribution in [3.63, 3.8) is 0 Å². The van der Waals surface area contributed by atoms with Crippen LogP contribution in [-0.4, -0.2) is 21.0 Å². The number of carbonyl (C=O) groups is 1. The van der Waals surface area contributed by atoms with Gasteiger partial charge in [0.05, 0.1) is 11.0 Å². The smallest absolute Gasteiger partial charge is 0.248 e. The number of nitrogens with zero attached hydrogens (tertiary/aromatic N) is 1. The predicted octanol–water partition coefficient (Wildman–Crippen LogP) is 3.72. The van der Waals surface area contributed by atoms with E-state index in [2.05, 4.69) is 9.97 Å². The molecule has 0 saturated heterocycles. The first-order valence-electron chi connectivity index (χ1n) is 8.66. The van der Waals surface area contributed by atoms with Crippen LogP contribution in [0.3, 0.4) is 0 Å². The number of carbonyl (C=O) groups excluding carboxylic acids is 1. The highest BCUT2D eigenvalue weighted by molar-refractivity contribution is 5.96. The molecule has 0 fully saturated rings. The Balaban J connectivity index is 1.65. The zero-order chi connectivity index (χ0) is 19.0. The Morgan fingerprint density at radius 3 is 2.52 bits per heavy atom. The molecule has 1 unspecified atom stereocenters. The van der Waals surface area contributed by atoms with Gasteiger partial charge in [-0.3, -0.25) is 4.79 Å². The molecule has 1 amide bonds. The number of hydrogen-bond acceptors (Lipinski definition) is 3. The number of benzene rings is 3. The molecule has 0 aliphatic carbocycles. The normalized spacial score (nSPS) is 12.2. The monoisotopic (exact) mass is 357 g/mol. The molecule has 27 heavy (non-hydrogen) atoms. The molecular weight excluding hydrogens is 338 g/mol. The van der Waals surface area contributed by atoms with E-state index in [1.165, 1.54) is 0 Å². The van der Waals surface area contributed by atoms with Crippen molar-refractivity contribution in [1.82, 2.24) is 9.97 Å². The molecule has 0 radical (unpaired) electrons. The van der Waals surface area contributed by atoms with Gasteiger partial charge in [0.2, 0.25) is 5.91 Å². The highest BCUT2D eigenvalue weighted by atomic mass is 16.3. The van der Waals surface area contributed by atoms with E-state index < -0.39 is 12.0 Å². The summed E-state index contributed by atoms with van der Waals surface area (Å²) in [6, 6.07) is 20.6. The lowest BCUT2D eigenvalue weighted by Gasteiger charge is -2.14. The third-order valence-corrected chi connectivity index (χ3v) is 4.75. The number of hydrogen-bond donors (Lipinski definition) is 3. The van der Waals surface area contributed by atoms with Crippen molar-refractivity contribution in [3.05, 3.63) is 89.0 Å². The van der Waals surface area contributed by atoms with Gasteiger partial charge in [0.25, 0.3) is 0 Å². The lowest BCUT2D eigenvalue weighted by atomic mass is 9.97. The molecule has 0 bridgehead atoms. The summed E-state index contributed by atoms with van der Waals surface area (Å²) in [5, 5.41) is 10.7. The van der Waals surface area contributed by atoms with Crippen LogP contribution in [0.2, 0.25) is 0 Å². The summed E-state index contributed by atoms with van der Waals surface area (Å²) in [5.41, 5.74) is 11.0. The quantitative estimate of drug-likeness (QED) is 0.520. The molecule has 1 atom stereocenters. The summed E-state index contributed by atoms with van der Waals surface area (Å²) < 4.78 is 0. The van der Waals surface area contributed by atoms with Crippen molar-refractivity contribution >= 4 is 16.9 Å². The average Bonchev–Trinajstić information content (AvgIpc) is 3.11. The SMILES string of the molecule is Cc1ccccc1C(O)c1ccc(-c2nc3ccc(C(N)=O)cc3[nH]2)cc1. The first kappa shape index (κ1) is 17.0. The van der Waals surface area contributed by atoms with Crippen molar-refractivity contribution in [2.24, 2.45) is 5.73 Å². The maximum absolute atomic E-state index is 11.3. The molecule has 1 aromatic heterocycles. The molecule has 0 aliphatic rings. The third kappa shape index (κ3) is 3.20. The molecule has 4 aromatic rings. The van der Waals surface area contributed by atoms with Gasteiger partial charge >= 0.3 is 0 Å². The number of fused-ring (bicyclic) bond motifs is 1. The van der Waals surface area contributed by atoms with Gasteiger partial charge in [-0.25, -0.2) is 4.98 Å². The Kier molecular flexibility index (Phi) is 4.22. The number of nitrogens with one attached hydrogen (secondary N) is 1. The van der Waals surface area contributed by atoms with Crippen LogP contribution in [0.5, 0.6) is 0 Å². The van der Waals surface area contributed by atoms with E-state index in [9.17, 15) is 9.90 Å². The molecule has 0 saturated carbocycles. The van der Waals surface area contributed by atoms with Gasteiger partial charge in [-0.15, -0.1) is 0 Å². The molecule has 134 valence electrons. The molecular formula is C22H19N3O2. The standard InChI is InChI=1S/C22H19N3O2/c1-13-4-2-3-5-17(13)20(26)14-6-8-15(9-7-14)22-24-18-11-10-16(21(23)27)12-19(18)25-22/h2-12,20,26H,1H3,(H2,23,27)(H,24,25). The molecule has 5 heteroatoms. The van der Waals surface area contributed by atoms with E-state index in [-0.39, 0.29) is 0 Å². The highest BCUT2D eigenvalue weighted by Gasteiger charge is 2.13. The number of aromatic nitrogens is 2. The van der Waals surface area contributed by atoms with E-state index in [1.807, 2.05) is 55.5 Å². The lowest BCUT2D eigenvalue weighted by molar-refractivity contribution is 0.100. The lowest BCUT2D eigenvalue weighted by Crippen LogP contribution is -2.10. The largest absolute Gasteiger partial charge is 0.384 e. The van der Waals surface area contributed by atoms with Crippen LogP contribution >= 0.6 is 0 Å². The van der Waals surface area contributed by atoms with Gasteiger partial charge in [0, 0.05) is 11.1 Å². The zero-order valence-electron chi connectivity index (χ0n) is 14.8. The minimum absolute atomic E-state index is 0.439. The number of aryl methyl sites for hydroxylation is 1. The Labute approximate surface area is 156 Å². The van der Waals surface area contributed by atoms with Gasteiger partial charge in [-0.2, -0.15) is 0 Å². The van der Waals surface area contributed by atoms with E-state index in [4.69, 9.17) is 5.73 Å². The van der Waals surface area contributed by atoms with E-state index in [0.29, 0.717) is 11.4 Å². The van der Waals surface area contributed by atoms with Crippen molar-refractivity contribution in [2.75, 3.05) is 0 Å². The van der Waals surface area contributed by atoms with Crippen LogP contribution < -0.4 is 5.73 Å². The zero-order valence-corrected chi connectivity index (χ0v) is 14.8. The highest BCUT2D eigenvalue weighted by Crippen LogP contribution is 2.27. The fraction of sp³-hybridized carbons (Fsp3) is 0.0909. The Morgan fingerprint density at radius 2 is 1.81 bits per heavy atom. The molecule has 0 spiro atoms. The molecule has 4 N–H and O–H groups in total. The van der Waals surface area contributed by atoms with Crippen molar-refractivity contribution in [2.45, 2.75) is 13.0 Å². The Hall–Kier alpha value is -3.44. The van der Waals surface area contributed by atoms with Crippen LogP contribution in [0.15, 0.2) is 66.7 Å². The van der Waals surface area contributed by atoms with Crippen molar-refractivity contribution < 1.29 is 9.90 Å². The van der Waals surface area contributed by atoms with Crippen LogP contribution in [0.1, 0.15) is 33.2 Å². The first-order valence-corrected chi connectivity index (χ1v) is 8.66. The van der Waals surface area contributed by atoms with Gasteiger partial charge in [-0.1, -0.05) is 48.5 Å². The Bertz CT molecular complexity index is 1130. The second-order valence-electron chi connectivity index (χ2n) is 6.56. The molecule has 4 rings (SSSR count). The summed E-state index contributed by atoms with van der Waals surface area (Å²) >= 11 is 0. The van der Waals surface area contributed by atoms with E-state index >= 15 is 0 Å². The number of amides is 1. The predicted molar refractivity (Wildman–Crippen MR) is 105 cm³/mol. The number of aliphatic hydroxyl groups excluding tert-OH is 1. The van der Waals surface area contributed by atoms with Crippen LogP contribution in [0, 0.1) is 6.92 Å². The number of primary amides is 1. The summed E-state index contributed by atoms with van der Waals surface area (Å²) in [6.45, 7) is 1.99. The van der Waals surface area contributed by atoms with E-state index in [0.717, 1.165) is 33.3 Å². The van der Waals surface area contributed by atoms with Crippen molar-refractivity contribution in [1.29, 1.82) is 0 Å². The summed E-state index contributed by atoms with van der Waals surface area (Å²) in [6.07, 6.45) is -0.672. The minimum atomic E-state index is -0.672. The average molecular weight is 357 g/mol. The number of aliphatic hydroxyl groups is 1. The molecule has 1 heterocycles. The third-order valence-electron chi connectivity index (χ3n) is 4.75. The topological polar surface area (TPSA) is 92.0 Å². The minimum Gasteiger partial charge on any atom is -0.384 e. The van der Waals surface area contributed by atoms with E-state index in [1.54, 1.807) is 18.2 Å². The number of nitrogens with two attached hydrogens (primary N) is 1. The Morgan fingerprint density at radius 1 is 1.07 bits per heavy atom. The summed E-state index contributed by atoms with van der Waals surface area (Å²) in [4.78, 5) is 19.1. The number of H-pyrrole nitrogens is 1. The first-order chi connectivity index (χ1) is 13.0. The van der Waals surface area contributed by atoms with Crippen LogP contribution in [-0.2, 0) is 0 Å². The van der Waals surface area contributed by atoms with Crippen LogP contribution in [0.25, 0.3) is 22.4 Å². The van der Waals surface area contributed by atoms with Gasteiger partial charge in [0.15, 0.2) is 0 Å². The maximum Gasteiger partial charge on any atom is 0.248 e. The fourth-order valence-electron chi connectivity index (χ4n) is 3.20. The molecule has 5 nitrogen and oxygen atoms in total. The fourth-order valence-corrected chi connectivity index (χ4v) is 3.20. The second kappa shape index (κ2) is 6.70. The van der Waals surface area contributed by atoms with Gasteiger partial charge < -0.3 is 15.8 Å². The van der Waals surface area contributed by atoms with Gasteiger partial charge in [0.1, 0.15) is 11.9 Å². The summed E-state index contributed by atoms with van der Waals surface area (Å²) in [5.74, 6) is 0.228. The number of aromatic amines is 1. The van der Waals surface area contributed by atoms with Crippen LogP contribution in [0.4, 0.5) is 0 Å². The number of imidazole rings is 1. The second-order valence-corrected chi connectivity index (χ2v) is 6.56. The molecule has 0 aliphatic heterocycles.